The Kier molecular flexibility index (Phi) is 6.72. The average molecular weight is 465 g/mol. The third kappa shape index (κ3) is 4.41. The quantitative estimate of drug-likeness (QED) is 0.576. The highest BCUT2D eigenvalue weighted by atomic mass is 16.5. The Bertz CT molecular complexity index is 1280. The third-order valence-electron chi connectivity index (χ3n) is 6.19. The van der Waals surface area contributed by atoms with Gasteiger partial charge in [0.2, 0.25) is 5.91 Å². The van der Waals surface area contributed by atoms with Gasteiger partial charge in [0, 0.05) is 51.6 Å². The van der Waals surface area contributed by atoms with Crippen LogP contribution in [0, 0.1) is 0 Å². The maximum atomic E-state index is 12.7. The molecule has 1 fully saturated rings. The van der Waals surface area contributed by atoms with E-state index in [1.165, 1.54) is 4.57 Å². The third-order valence-corrected chi connectivity index (χ3v) is 6.19. The van der Waals surface area contributed by atoms with E-state index in [0.717, 1.165) is 11.4 Å². The van der Waals surface area contributed by atoms with Crippen molar-refractivity contribution in [1.82, 2.24) is 14.8 Å². The number of benzene rings is 2. The zero-order chi connectivity index (χ0) is 24.2. The zero-order valence-electron chi connectivity index (χ0n) is 19.3. The van der Waals surface area contributed by atoms with Crippen LogP contribution in [0.3, 0.4) is 0 Å². The number of hydrogen-bond acceptors (Lipinski definition) is 6. The molecule has 0 aliphatic carbocycles. The molecule has 2 amide bonds. The van der Waals surface area contributed by atoms with Crippen LogP contribution >= 0.6 is 0 Å². The van der Waals surface area contributed by atoms with Gasteiger partial charge in [-0.3, -0.25) is 14.4 Å². The lowest BCUT2D eigenvalue weighted by Crippen LogP contribution is -2.49. The number of nitrogens with zero attached hydrogens (tertiary/aromatic N) is 3. The van der Waals surface area contributed by atoms with Crippen LogP contribution < -0.4 is 20.5 Å². The molecule has 0 unspecified atom stereocenters. The molecule has 1 saturated heterocycles. The summed E-state index contributed by atoms with van der Waals surface area (Å²) in [6.07, 6.45) is 0.106. The fraction of sp³-hybridized carbons (Fsp3) is 0.320. The molecule has 9 nitrogen and oxygen atoms in total. The fourth-order valence-electron chi connectivity index (χ4n) is 4.30. The molecular weight excluding hydrogens is 436 g/mol. The van der Waals surface area contributed by atoms with Crippen LogP contribution in [0.25, 0.3) is 10.9 Å². The van der Waals surface area contributed by atoms with Crippen molar-refractivity contribution in [3.63, 3.8) is 0 Å². The summed E-state index contributed by atoms with van der Waals surface area (Å²) in [4.78, 5) is 41.9. The molecule has 4 rings (SSSR count). The van der Waals surface area contributed by atoms with Crippen molar-refractivity contribution in [3.05, 3.63) is 64.4 Å². The second-order valence-corrected chi connectivity index (χ2v) is 8.15. The van der Waals surface area contributed by atoms with Crippen molar-refractivity contribution in [1.29, 1.82) is 0 Å². The maximum absolute atomic E-state index is 12.7. The monoisotopic (exact) mass is 464 g/mol. The van der Waals surface area contributed by atoms with Gasteiger partial charge in [-0.2, -0.15) is 0 Å². The molecule has 1 aromatic heterocycles. The topological polar surface area (TPSA) is 104 Å². The van der Waals surface area contributed by atoms with Gasteiger partial charge >= 0.3 is 0 Å². The van der Waals surface area contributed by atoms with E-state index in [9.17, 15) is 19.5 Å². The minimum Gasteiger partial charge on any atom is -0.506 e. The largest absolute Gasteiger partial charge is 0.506 e. The molecule has 2 N–H and O–H groups in total. The second kappa shape index (κ2) is 9.86. The van der Waals surface area contributed by atoms with Crippen molar-refractivity contribution in [3.8, 4) is 11.5 Å². The predicted octanol–water partition coefficient (Wildman–Crippen LogP) is 1.72. The molecule has 1 aliphatic heterocycles. The summed E-state index contributed by atoms with van der Waals surface area (Å²) in [5.74, 6) is -0.323. The van der Waals surface area contributed by atoms with Crippen molar-refractivity contribution >= 4 is 28.4 Å². The molecule has 34 heavy (non-hydrogen) atoms. The number of carbonyl (C=O) groups excluding carboxylic acids is 2. The van der Waals surface area contributed by atoms with E-state index < -0.39 is 11.5 Å². The molecule has 0 saturated carbocycles. The lowest BCUT2D eigenvalue weighted by molar-refractivity contribution is -0.131. The zero-order valence-corrected chi connectivity index (χ0v) is 19.3. The predicted molar refractivity (Wildman–Crippen MR) is 130 cm³/mol. The molecule has 0 spiro atoms. The fourth-order valence-corrected chi connectivity index (χ4v) is 4.30. The van der Waals surface area contributed by atoms with Crippen LogP contribution in [-0.2, 0) is 11.8 Å². The lowest BCUT2D eigenvalue weighted by atomic mass is 10.1. The molecule has 0 radical (unpaired) electrons. The summed E-state index contributed by atoms with van der Waals surface area (Å²) in [5.41, 5.74) is 0.622. The number of aromatic hydroxyl groups is 1. The van der Waals surface area contributed by atoms with E-state index in [0.29, 0.717) is 37.1 Å². The minimum absolute atomic E-state index is 0.0693. The van der Waals surface area contributed by atoms with Crippen LogP contribution in [0.4, 0.5) is 5.69 Å². The van der Waals surface area contributed by atoms with Crippen LogP contribution in [-0.4, -0.2) is 66.2 Å². The van der Waals surface area contributed by atoms with Gasteiger partial charge in [-0.25, -0.2) is 0 Å². The van der Waals surface area contributed by atoms with Gasteiger partial charge in [0.15, 0.2) is 0 Å². The molecule has 2 heterocycles. The van der Waals surface area contributed by atoms with E-state index in [2.05, 4.69) is 10.2 Å². The van der Waals surface area contributed by atoms with E-state index >= 15 is 0 Å². The number of piperazine rings is 1. The van der Waals surface area contributed by atoms with Crippen molar-refractivity contribution < 1.29 is 19.4 Å². The van der Waals surface area contributed by atoms with Crippen LogP contribution in [0.5, 0.6) is 11.5 Å². The SMILES string of the molecule is COc1ccccc1N1CCN(C(=O)CCNC(=O)c2c(O)c3ccccc3n(C)c2=O)CC1. The molecule has 178 valence electrons. The number of methoxy groups -OCH3 is 1. The Labute approximate surface area is 197 Å². The highest BCUT2D eigenvalue weighted by Gasteiger charge is 2.24. The summed E-state index contributed by atoms with van der Waals surface area (Å²) in [5, 5.41) is 13.6. The van der Waals surface area contributed by atoms with E-state index in [1.807, 2.05) is 24.3 Å². The van der Waals surface area contributed by atoms with Gasteiger partial charge < -0.3 is 29.5 Å². The van der Waals surface area contributed by atoms with E-state index in [4.69, 9.17) is 4.74 Å². The summed E-state index contributed by atoms with van der Waals surface area (Å²) >= 11 is 0. The second-order valence-electron chi connectivity index (χ2n) is 8.15. The van der Waals surface area contributed by atoms with Crippen LogP contribution in [0.15, 0.2) is 53.3 Å². The first-order valence-corrected chi connectivity index (χ1v) is 11.2. The van der Waals surface area contributed by atoms with E-state index in [1.54, 1.807) is 43.3 Å². The number of aromatic nitrogens is 1. The number of nitrogens with one attached hydrogen (secondary N) is 1. The Hall–Kier alpha value is -4.01. The average Bonchev–Trinajstić information content (AvgIpc) is 2.87. The molecule has 0 bridgehead atoms. The first-order chi connectivity index (χ1) is 16.4. The number of pyridine rings is 1. The number of anilines is 1. The first-order valence-electron chi connectivity index (χ1n) is 11.2. The number of hydrogen-bond donors (Lipinski definition) is 2. The van der Waals surface area contributed by atoms with Crippen molar-refractivity contribution in [2.75, 3.05) is 44.7 Å². The highest BCUT2D eigenvalue weighted by Crippen LogP contribution is 2.28. The van der Waals surface area contributed by atoms with Gasteiger partial charge in [0.05, 0.1) is 18.3 Å². The number of aryl methyl sites for hydroxylation is 1. The smallest absolute Gasteiger partial charge is 0.267 e. The highest BCUT2D eigenvalue weighted by molar-refractivity contribution is 6.02. The molecule has 3 aromatic rings. The Balaban J connectivity index is 1.34. The summed E-state index contributed by atoms with van der Waals surface area (Å²) < 4.78 is 6.76. The number of rotatable bonds is 6. The summed E-state index contributed by atoms with van der Waals surface area (Å²) in [6, 6.07) is 14.6. The van der Waals surface area contributed by atoms with Gasteiger partial charge in [-0.05, 0) is 24.3 Å². The van der Waals surface area contributed by atoms with Gasteiger partial charge in [-0.15, -0.1) is 0 Å². The van der Waals surface area contributed by atoms with Gasteiger partial charge in [0.25, 0.3) is 11.5 Å². The summed E-state index contributed by atoms with van der Waals surface area (Å²) in [6.45, 7) is 2.56. The Morgan fingerprint density at radius 1 is 1.03 bits per heavy atom. The number of amides is 2. The van der Waals surface area contributed by atoms with Crippen molar-refractivity contribution in [2.45, 2.75) is 6.42 Å². The van der Waals surface area contributed by atoms with E-state index in [-0.39, 0.29) is 30.2 Å². The molecule has 2 aromatic carbocycles. The Morgan fingerprint density at radius 3 is 2.44 bits per heavy atom. The standard InChI is InChI=1S/C25H28N4O5/c1-27-18-8-4-3-7-17(18)23(31)22(25(27)33)24(32)26-12-11-21(30)29-15-13-28(14-16-29)19-9-5-6-10-20(19)34-2/h3-10,31H,11-16H2,1-2H3,(H,26,32). The summed E-state index contributed by atoms with van der Waals surface area (Å²) in [7, 11) is 3.19. The molecule has 0 atom stereocenters. The normalized spacial score (nSPS) is 13.7. The first kappa shape index (κ1) is 23.2. The minimum atomic E-state index is -0.697. The number of carbonyl (C=O) groups is 2. The van der Waals surface area contributed by atoms with Crippen LogP contribution in [0.1, 0.15) is 16.8 Å². The molecular formula is C25H28N4O5. The Morgan fingerprint density at radius 2 is 1.71 bits per heavy atom. The number of fused-ring (bicyclic) bond motifs is 1. The van der Waals surface area contributed by atoms with Gasteiger partial charge in [-0.1, -0.05) is 24.3 Å². The lowest BCUT2D eigenvalue weighted by Gasteiger charge is -2.36. The molecule has 1 aliphatic rings. The number of para-hydroxylation sites is 3. The van der Waals surface area contributed by atoms with Gasteiger partial charge in [0.1, 0.15) is 17.1 Å². The number of ether oxygens (including phenoxy) is 1. The van der Waals surface area contributed by atoms with Crippen molar-refractivity contribution in [2.24, 2.45) is 7.05 Å². The van der Waals surface area contributed by atoms with Crippen LogP contribution in [0.2, 0.25) is 0 Å². The maximum Gasteiger partial charge on any atom is 0.267 e. The molecule has 9 heteroatoms.